The maximum absolute atomic E-state index is 12.6. The third-order valence-corrected chi connectivity index (χ3v) is 6.82. The fraction of sp³-hybridized carbons (Fsp3) is 0.750. The summed E-state index contributed by atoms with van der Waals surface area (Å²) in [5, 5.41) is 5.91. The van der Waals surface area contributed by atoms with Gasteiger partial charge in [-0.3, -0.25) is 9.59 Å². The van der Waals surface area contributed by atoms with Crippen molar-refractivity contribution in [3.8, 4) is 0 Å². The highest BCUT2D eigenvalue weighted by atomic mass is 33.1. The van der Waals surface area contributed by atoms with Gasteiger partial charge in [-0.25, -0.2) is 4.98 Å². The summed E-state index contributed by atoms with van der Waals surface area (Å²) in [5.41, 5.74) is 0. The summed E-state index contributed by atoms with van der Waals surface area (Å²) in [4.78, 5) is 28.7. The molecule has 0 aliphatic rings. The monoisotopic (exact) mass is 428 g/mol. The van der Waals surface area contributed by atoms with Gasteiger partial charge in [-0.05, 0) is 32.1 Å². The van der Waals surface area contributed by atoms with Crippen molar-refractivity contribution < 1.29 is 9.59 Å². The minimum absolute atomic E-state index is 0.0228. The number of carbonyl (C=O) groups is 2. The lowest BCUT2D eigenvalue weighted by Gasteiger charge is -2.18. The van der Waals surface area contributed by atoms with Crippen LogP contribution in [0.2, 0.25) is 0 Å². The average Bonchev–Trinajstić information content (AvgIpc) is 3.21. The molecule has 1 aromatic heterocycles. The van der Waals surface area contributed by atoms with Gasteiger partial charge in [-0.15, -0.1) is 0 Å². The van der Waals surface area contributed by atoms with Gasteiger partial charge < -0.3 is 15.2 Å². The summed E-state index contributed by atoms with van der Waals surface area (Å²) < 4.78 is 1.99. The van der Waals surface area contributed by atoms with Crippen LogP contribution < -0.4 is 10.6 Å². The van der Waals surface area contributed by atoms with E-state index in [1.807, 2.05) is 32.4 Å². The second-order valence-electron chi connectivity index (χ2n) is 6.81. The molecule has 0 spiro atoms. The van der Waals surface area contributed by atoms with Crippen LogP contribution in [-0.2, 0) is 16.1 Å². The van der Waals surface area contributed by atoms with E-state index in [-0.39, 0.29) is 11.8 Å². The van der Waals surface area contributed by atoms with Crippen molar-refractivity contribution in [1.29, 1.82) is 0 Å². The van der Waals surface area contributed by atoms with Crippen molar-refractivity contribution in [2.45, 2.75) is 77.8 Å². The van der Waals surface area contributed by atoms with Gasteiger partial charge in [-0.2, -0.15) is 0 Å². The second kappa shape index (κ2) is 16.8. The van der Waals surface area contributed by atoms with E-state index in [2.05, 4.69) is 29.5 Å². The number of nitrogens with one attached hydrogen (secondary N) is 2. The summed E-state index contributed by atoms with van der Waals surface area (Å²) in [7, 11) is 3.76. The largest absolute Gasteiger partial charge is 0.354 e. The zero-order valence-corrected chi connectivity index (χ0v) is 19.0. The molecule has 2 amide bonds. The van der Waals surface area contributed by atoms with Gasteiger partial charge in [0, 0.05) is 43.4 Å². The molecule has 160 valence electrons. The highest BCUT2D eigenvalue weighted by molar-refractivity contribution is 8.76. The number of carbonyl (C=O) groups excluding carboxylic acids is 2. The van der Waals surface area contributed by atoms with E-state index >= 15 is 0 Å². The molecule has 1 aromatic rings. The van der Waals surface area contributed by atoms with Gasteiger partial charge in [0.05, 0.1) is 6.33 Å². The van der Waals surface area contributed by atoms with Gasteiger partial charge in [0.2, 0.25) is 11.8 Å². The van der Waals surface area contributed by atoms with E-state index in [9.17, 15) is 9.59 Å². The molecule has 8 heteroatoms. The fourth-order valence-electron chi connectivity index (χ4n) is 2.56. The molecule has 0 aliphatic heterocycles. The molecule has 1 atom stereocenters. The van der Waals surface area contributed by atoms with Crippen LogP contribution in [-0.4, -0.2) is 45.5 Å². The van der Waals surface area contributed by atoms with Gasteiger partial charge >= 0.3 is 0 Å². The van der Waals surface area contributed by atoms with Crippen LogP contribution >= 0.6 is 21.6 Å². The molecule has 2 N–H and O–H groups in total. The minimum atomic E-state index is -0.432. The molecular weight excluding hydrogens is 392 g/mol. The molecule has 1 heterocycles. The molecule has 6 nitrogen and oxygen atoms in total. The first kappa shape index (κ1) is 24.9. The predicted molar refractivity (Wildman–Crippen MR) is 120 cm³/mol. The van der Waals surface area contributed by atoms with Gasteiger partial charge in [0.1, 0.15) is 6.04 Å². The Morgan fingerprint density at radius 3 is 2.50 bits per heavy atom. The summed E-state index contributed by atoms with van der Waals surface area (Å²) >= 11 is 0. The summed E-state index contributed by atoms with van der Waals surface area (Å²) in [6, 6.07) is -0.432. The molecule has 0 aromatic carbocycles. The first-order chi connectivity index (χ1) is 13.7. The van der Waals surface area contributed by atoms with Crippen LogP contribution in [0.5, 0.6) is 0 Å². The summed E-state index contributed by atoms with van der Waals surface area (Å²) in [6.07, 6.45) is 12.7. The van der Waals surface area contributed by atoms with E-state index in [4.69, 9.17) is 0 Å². The van der Waals surface area contributed by atoms with E-state index in [0.29, 0.717) is 19.4 Å². The molecular formula is C20H36N4O2S2. The summed E-state index contributed by atoms with van der Waals surface area (Å²) in [6.45, 7) is 5.68. The molecule has 0 saturated heterocycles. The standard InChI is InChI=1S/C20H36N4O2S2/c1-3-5-10-19(25)23-18(9-7-16-28-27-15-6-4-2)20(26)22-11-8-13-24-14-12-21-17-24/h12,14,17-18H,3-11,13,15-16H2,1-2H3,(H,22,26)(H,23,25). The van der Waals surface area contributed by atoms with Gasteiger partial charge in [-0.1, -0.05) is 48.3 Å². The summed E-state index contributed by atoms with van der Waals surface area (Å²) in [5.74, 6) is 2.09. The maximum atomic E-state index is 12.6. The number of aromatic nitrogens is 2. The Morgan fingerprint density at radius 2 is 1.82 bits per heavy atom. The molecule has 0 fully saturated rings. The molecule has 0 bridgehead atoms. The highest BCUT2D eigenvalue weighted by Crippen LogP contribution is 2.23. The van der Waals surface area contributed by atoms with Crippen molar-refractivity contribution in [3.63, 3.8) is 0 Å². The van der Waals surface area contributed by atoms with E-state index in [1.165, 1.54) is 18.6 Å². The molecule has 0 saturated carbocycles. The minimum Gasteiger partial charge on any atom is -0.354 e. The normalized spacial score (nSPS) is 11.9. The predicted octanol–water partition coefficient (Wildman–Crippen LogP) is 4.03. The molecule has 0 radical (unpaired) electrons. The first-order valence-electron chi connectivity index (χ1n) is 10.4. The Hall–Kier alpha value is -1.15. The number of imidazole rings is 1. The van der Waals surface area contributed by atoms with Crippen LogP contribution in [0.15, 0.2) is 18.7 Å². The molecule has 0 aliphatic carbocycles. The number of aryl methyl sites for hydroxylation is 1. The second-order valence-corrected chi connectivity index (χ2v) is 9.51. The SMILES string of the molecule is CCCCSSCCCC(NC(=O)CCCC)C(=O)NCCCn1ccnc1. The van der Waals surface area contributed by atoms with Crippen LogP contribution in [0.25, 0.3) is 0 Å². The highest BCUT2D eigenvalue weighted by Gasteiger charge is 2.19. The molecule has 1 rings (SSSR count). The average molecular weight is 429 g/mol. The topological polar surface area (TPSA) is 76.0 Å². The zero-order valence-electron chi connectivity index (χ0n) is 17.3. The Balaban J connectivity index is 2.32. The third-order valence-electron chi connectivity index (χ3n) is 4.25. The van der Waals surface area contributed by atoms with Crippen molar-refractivity contribution in [1.82, 2.24) is 20.2 Å². The lowest BCUT2D eigenvalue weighted by Crippen LogP contribution is -2.47. The maximum Gasteiger partial charge on any atom is 0.242 e. The molecule has 28 heavy (non-hydrogen) atoms. The fourth-order valence-corrected chi connectivity index (χ4v) is 4.90. The number of rotatable bonds is 17. The van der Waals surface area contributed by atoms with Crippen molar-refractivity contribution in [2.75, 3.05) is 18.1 Å². The lowest BCUT2D eigenvalue weighted by atomic mass is 10.1. The first-order valence-corrected chi connectivity index (χ1v) is 12.9. The third kappa shape index (κ3) is 12.3. The Bertz CT molecular complexity index is 526. The van der Waals surface area contributed by atoms with Crippen molar-refractivity contribution in [3.05, 3.63) is 18.7 Å². The Kier molecular flexibility index (Phi) is 14.9. The van der Waals surface area contributed by atoms with Crippen LogP contribution in [0.1, 0.15) is 65.2 Å². The zero-order chi connectivity index (χ0) is 20.5. The lowest BCUT2D eigenvalue weighted by molar-refractivity contribution is -0.129. The number of unbranched alkanes of at least 4 members (excludes halogenated alkanes) is 2. The van der Waals surface area contributed by atoms with Crippen LogP contribution in [0, 0.1) is 0 Å². The van der Waals surface area contributed by atoms with Gasteiger partial charge in [0.15, 0.2) is 0 Å². The Morgan fingerprint density at radius 1 is 1.07 bits per heavy atom. The van der Waals surface area contributed by atoms with Crippen molar-refractivity contribution in [2.24, 2.45) is 0 Å². The number of hydrogen-bond donors (Lipinski definition) is 2. The number of hydrogen-bond acceptors (Lipinski definition) is 5. The van der Waals surface area contributed by atoms with Crippen LogP contribution in [0.4, 0.5) is 0 Å². The molecule has 1 unspecified atom stereocenters. The van der Waals surface area contributed by atoms with Crippen molar-refractivity contribution >= 4 is 33.4 Å². The smallest absolute Gasteiger partial charge is 0.242 e. The van der Waals surface area contributed by atoms with E-state index in [1.54, 1.807) is 12.5 Å². The quantitative estimate of drug-likeness (QED) is 0.289. The Labute approximate surface area is 177 Å². The number of amides is 2. The number of nitrogens with zero attached hydrogens (tertiary/aromatic N) is 2. The van der Waals surface area contributed by atoms with Crippen LogP contribution in [0.3, 0.4) is 0 Å². The van der Waals surface area contributed by atoms with Gasteiger partial charge in [0.25, 0.3) is 0 Å². The van der Waals surface area contributed by atoms with E-state index in [0.717, 1.165) is 38.0 Å². The van der Waals surface area contributed by atoms with E-state index < -0.39 is 6.04 Å².